The number of hydrogen-bond acceptors (Lipinski definition) is 3. The third-order valence-corrected chi connectivity index (χ3v) is 1.80. The van der Waals surface area contributed by atoms with Crippen molar-refractivity contribution < 1.29 is 33.6 Å². The zero-order valence-electron chi connectivity index (χ0n) is 7.35. The highest BCUT2D eigenvalue weighted by atomic mass is 31.2. The molecule has 0 bridgehead atoms. The normalized spacial score (nSPS) is 11.9. The highest BCUT2D eigenvalue weighted by Crippen LogP contribution is 2.35. The third-order valence-electron chi connectivity index (χ3n) is 0.904. The van der Waals surface area contributed by atoms with Crippen molar-refractivity contribution in [2.24, 2.45) is 5.73 Å². The van der Waals surface area contributed by atoms with Gasteiger partial charge in [0.25, 0.3) is 0 Å². The Balaban J connectivity index is 0. The average molecular weight is 251 g/mol. The van der Waals surface area contributed by atoms with Crippen LogP contribution in [0.4, 0.5) is 0 Å². The fourth-order valence-corrected chi connectivity index (χ4v) is 1.10. The third kappa shape index (κ3) is 39.8. The fraction of sp³-hybridized carbons (Fsp3) is 1.00. The van der Waals surface area contributed by atoms with Crippen LogP contribution < -0.4 is 5.73 Å². The van der Waals surface area contributed by atoms with Gasteiger partial charge in [-0.05, 0) is 19.4 Å². The molecule has 0 spiro atoms. The Morgan fingerprint density at radius 2 is 1.29 bits per heavy atom. The second-order valence-corrected chi connectivity index (χ2v) is 5.20. The largest absolute Gasteiger partial charge is 0.466 e. The van der Waals surface area contributed by atoms with Crippen molar-refractivity contribution >= 4 is 15.4 Å². The van der Waals surface area contributed by atoms with Crippen LogP contribution in [0.3, 0.4) is 0 Å². The summed E-state index contributed by atoms with van der Waals surface area (Å²) in [6, 6.07) is 0. The Morgan fingerprint density at radius 3 is 1.50 bits per heavy atom. The zero-order valence-corrected chi connectivity index (χ0v) is 9.14. The van der Waals surface area contributed by atoms with E-state index in [2.05, 4.69) is 0 Å². The van der Waals surface area contributed by atoms with Gasteiger partial charge in [-0.25, -0.2) is 4.57 Å². The molecule has 0 fully saturated rings. The Hall–Kier alpha value is 0.220. The lowest BCUT2D eigenvalue weighted by Gasteiger charge is -2.00. The molecule has 10 heteroatoms. The fourth-order valence-electron chi connectivity index (χ4n) is 0.462. The maximum Gasteiger partial charge on any atom is 0.466 e. The minimum Gasteiger partial charge on any atom is -0.330 e. The lowest BCUT2D eigenvalue weighted by Crippen LogP contribution is -1.99. The lowest BCUT2D eigenvalue weighted by molar-refractivity contribution is 0.275. The lowest BCUT2D eigenvalue weighted by atomic mass is 10.3. The summed E-state index contributed by atoms with van der Waals surface area (Å²) in [6.45, 7) is 0.500. The molecule has 88 valence electrons. The summed E-state index contributed by atoms with van der Waals surface area (Å²) in [5.74, 6) is 0. The van der Waals surface area contributed by atoms with Crippen LogP contribution in [0.1, 0.15) is 12.8 Å². The molecule has 0 aromatic rings. The predicted octanol–water partition coefficient (Wildman–Crippen LogP) is -1.03. The quantitative estimate of drug-likeness (QED) is 0.273. The van der Waals surface area contributed by atoms with Crippen molar-refractivity contribution in [2.75, 3.05) is 12.7 Å². The van der Waals surface area contributed by atoms with Crippen molar-refractivity contribution in [2.45, 2.75) is 12.8 Å². The Bertz CT molecular complexity index is 211. The zero-order chi connectivity index (χ0) is 11.8. The minimum absolute atomic E-state index is 0.0375. The Kier molecular flexibility index (Phi) is 8.92. The van der Waals surface area contributed by atoms with Gasteiger partial charge >= 0.3 is 15.4 Å². The van der Waals surface area contributed by atoms with Gasteiger partial charge in [-0.15, -0.1) is 0 Å². The molecule has 14 heavy (non-hydrogen) atoms. The van der Waals surface area contributed by atoms with E-state index in [0.717, 1.165) is 0 Å². The van der Waals surface area contributed by atoms with E-state index in [9.17, 15) is 4.57 Å². The standard InChI is InChI=1S/C4H12NO3P.H3O4P/c5-3-1-2-4-9(6,7)8;1-5(2,3)4/h1-5H2,(H2,6,7,8);(H3,1,2,3,4). The molecule has 7 N–H and O–H groups in total. The van der Waals surface area contributed by atoms with Crippen LogP contribution in [-0.4, -0.2) is 37.2 Å². The molecule has 0 aliphatic carbocycles. The second-order valence-electron chi connectivity index (χ2n) is 2.40. The predicted molar refractivity (Wildman–Crippen MR) is 49.5 cm³/mol. The molecule has 0 saturated carbocycles. The van der Waals surface area contributed by atoms with Gasteiger partial charge in [-0.3, -0.25) is 4.57 Å². The van der Waals surface area contributed by atoms with E-state index in [4.69, 9.17) is 34.8 Å². The SMILES string of the molecule is NCCCCP(=O)(O)O.O=P(O)(O)O. The Labute approximate surface area is 81.2 Å². The molecule has 0 aromatic heterocycles. The summed E-state index contributed by atoms with van der Waals surface area (Å²) in [5, 5.41) is 0. The summed E-state index contributed by atoms with van der Waals surface area (Å²) in [5.41, 5.74) is 5.10. The molecule has 0 unspecified atom stereocenters. The van der Waals surface area contributed by atoms with E-state index in [1.54, 1.807) is 0 Å². The van der Waals surface area contributed by atoms with E-state index < -0.39 is 15.4 Å². The van der Waals surface area contributed by atoms with Crippen LogP contribution in [0.25, 0.3) is 0 Å². The van der Waals surface area contributed by atoms with Crippen molar-refractivity contribution in [3.8, 4) is 0 Å². The molecule has 0 amide bonds. The van der Waals surface area contributed by atoms with E-state index >= 15 is 0 Å². The molecule has 0 heterocycles. The van der Waals surface area contributed by atoms with Crippen LogP contribution in [0, 0.1) is 0 Å². The number of unbranched alkanes of at least 4 members (excludes halogenated alkanes) is 1. The van der Waals surface area contributed by atoms with Crippen molar-refractivity contribution in [3.05, 3.63) is 0 Å². The van der Waals surface area contributed by atoms with E-state index in [1.165, 1.54) is 0 Å². The first-order valence-corrected chi connectivity index (χ1v) is 6.95. The van der Waals surface area contributed by atoms with Crippen LogP contribution in [-0.2, 0) is 9.13 Å². The molecular formula is C4H15NO7P2. The summed E-state index contributed by atoms with van der Waals surface area (Å²) in [4.78, 5) is 38.2. The van der Waals surface area contributed by atoms with Crippen LogP contribution >= 0.6 is 15.4 Å². The topological polar surface area (TPSA) is 161 Å². The van der Waals surface area contributed by atoms with Crippen molar-refractivity contribution in [1.29, 1.82) is 0 Å². The van der Waals surface area contributed by atoms with E-state index in [1.807, 2.05) is 0 Å². The highest BCUT2D eigenvalue weighted by molar-refractivity contribution is 7.51. The molecule has 0 aliphatic rings. The smallest absolute Gasteiger partial charge is 0.330 e. The Morgan fingerprint density at radius 1 is 0.929 bits per heavy atom. The monoisotopic (exact) mass is 251 g/mol. The minimum atomic E-state index is -4.64. The van der Waals surface area contributed by atoms with Crippen LogP contribution in [0.5, 0.6) is 0 Å². The van der Waals surface area contributed by atoms with E-state index in [-0.39, 0.29) is 6.16 Å². The molecule has 0 radical (unpaired) electrons. The van der Waals surface area contributed by atoms with Gasteiger partial charge in [-0.1, -0.05) is 0 Å². The maximum absolute atomic E-state index is 10.2. The maximum atomic E-state index is 10.2. The van der Waals surface area contributed by atoms with Gasteiger partial charge < -0.3 is 30.2 Å². The number of hydrogen-bond donors (Lipinski definition) is 6. The summed E-state index contributed by atoms with van der Waals surface area (Å²) in [7, 11) is -8.39. The van der Waals surface area contributed by atoms with Gasteiger partial charge in [0.05, 0.1) is 0 Å². The van der Waals surface area contributed by atoms with Gasteiger partial charge in [-0.2, -0.15) is 0 Å². The van der Waals surface area contributed by atoms with Gasteiger partial charge in [0.15, 0.2) is 0 Å². The summed E-state index contributed by atoms with van der Waals surface area (Å²) < 4.78 is 19.0. The molecule has 0 aromatic carbocycles. The first-order chi connectivity index (χ1) is 6.06. The molecule has 0 atom stereocenters. The number of nitrogens with two attached hydrogens (primary N) is 1. The molecule has 8 nitrogen and oxygen atoms in total. The average Bonchev–Trinajstić information content (AvgIpc) is 1.80. The summed E-state index contributed by atoms with van der Waals surface area (Å²) >= 11 is 0. The first kappa shape index (κ1) is 16.6. The second kappa shape index (κ2) is 7.50. The first-order valence-electron chi connectivity index (χ1n) is 3.59. The van der Waals surface area contributed by atoms with Gasteiger partial charge in [0.2, 0.25) is 0 Å². The van der Waals surface area contributed by atoms with Crippen molar-refractivity contribution in [1.82, 2.24) is 0 Å². The van der Waals surface area contributed by atoms with E-state index in [0.29, 0.717) is 19.4 Å². The molecule has 0 saturated heterocycles. The summed E-state index contributed by atoms with van der Waals surface area (Å²) in [6.07, 6.45) is 1.16. The van der Waals surface area contributed by atoms with Gasteiger partial charge in [0.1, 0.15) is 0 Å². The van der Waals surface area contributed by atoms with Gasteiger partial charge in [0, 0.05) is 6.16 Å². The molecule has 0 aliphatic heterocycles. The van der Waals surface area contributed by atoms with Crippen molar-refractivity contribution in [3.63, 3.8) is 0 Å². The highest BCUT2D eigenvalue weighted by Gasteiger charge is 2.10. The van der Waals surface area contributed by atoms with Crippen LogP contribution in [0.15, 0.2) is 0 Å². The van der Waals surface area contributed by atoms with Crippen LogP contribution in [0.2, 0.25) is 0 Å². The molecular weight excluding hydrogens is 236 g/mol. The number of rotatable bonds is 4. The number of phosphoric acid groups is 1. The molecule has 0 rings (SSSR count).